The van der Waals surface area contributed by atoms with Crippen molar-refractivity contribution in [2.45, 2.75) is 39.3 Å². The van der Waals surface area contributed by atoms with Crippen LogP contribution in [0.4, 0.5) is 0 Å². The van der Waals surface area contributed by atoms with E-state index >= 15 is 0 Å². The first kappa shape index (κ1) is 15.5. The highest BCUT2D eigenvalue weighted by Crippen LogP contribution is 2.24. The Morgan fingerprint density at radius 3 is 2.62 bits per heavy atom. The highest BCUT2D eigenvalue weighted by molar-refractivity contribution is 5.86. The zero-order chi connectivity index (χ0) is 15.2. The second kappa shape index (κ2) is 7.23. The van der Waals surface area contributed by atoms with Crippen LogP contribution in [0, 0.1) is 0 Å². The molecule has 1 N–H and O–H groups in total. The molecule has 0 fully saturated rings. The summed E-state index contributed by atoms with van der Waals surface area (Å²) >= 11 is 0. The number of hydrogen-bond acceptors (Lipinski definition) is 3. The average molecular weight is 285 g/mol. The molecule has 0 aromatic heterocycles. The van der Waals surface area contributed by atoms with Crippen molar-refractivity contribution in [3.05, 3.63) is 48.0 Å². The summed E-state index contributed by atoms with van der Waals surface area (Å²) < 4.78 is 4.99. The van der Waals surface area contributed by atoms with Crippen LogP contribution < -0.4 is 5.32 Å². The van der Waals surface area contributed by atoms with Gasteiger partial charge in [0.05, 0.1) is 13.0 Å². The third-order valence-corrected chi connectivity index (χ3v) is 3.60. The van der Waals surface area contributed by atoms with E-state index in [9.17, 15) is 4.79 Å². The minimum atomic E-state index is -0.150. The van der Waals surface area contributed by atoms with E-state index in [0.29, 0.717) is 13.0 Å². The van der Waals surface area contributed by atoms with Gasteiger partial charge in [-0.15, -0.1) is 0 Å². The van der Waals surface area contributed by atoms with E-state index in [-0.39, 0.29) is 18.1 Å². The Labute approximate surface area is 126 Å². The van der Waals surface area contributed by atoms with Gasteiger partial charge in [-0.25, -0.2) is 0 Å². The molecular weight excluding hydrogens is 262 g/mol. The first-order valence-corrected chi connectivity index (χ1v) is 7.51. The molecule has 2 aromatic rings. The van der Waals surface area contributed by atoms with Crippen LogP contribution in [0.5, 0.6) is 0 Å². The lowest BCUT2D eigenvalue weighted by atomic mass is 9.99. The lowest BCUT2D eigenvalue weighted by Gasteiger charge is -2.21. The third-order valence-electron chi connectivity index (χ3n) is 3.60. The summed E-state index contributed by atoms with van der Waals surface area (Å²) in [4.78, 5) is 11.5. The summed E-state index contributed by atoms with van der Waals surface area (Å²) in [6, 6.07) is 15.0. The number of carbonyl (C=O) groups is 1. The largest absolute Gasteiger partial charge is 0.466 e. The number of carbonyl (C=O) groups excluding carboxylic acids is 1. The van der Waals surface area contributed by atoms with Crippen LogP contribution >= 0.6 is 0 Å². The fraction of sp³-hybridized carbons (Fsp3) is 0.389. The minimum absolute atomic E-state index is 0.0815. The molecule has 2 aromatic carbocycles. The molecule has 0 bridgehead atoms. The van der Waals surface area contributed by atoms with E-state index in [2.05, 4.69) is 48.6 Å². The number of rotatable bonds is 6. The first-order chi connectivity index (χ1) is 10.1. The molecule has 3 nitrogen and oxygen atoms in total. The number of hydrogen-bond donors (Lipinski definition) is 1. The Hall–Kier alpha value is -1.87. The Kier molecular flexibility index (Phi) is 5.34. The van der Waals surface area contributed by atoms with Gasteiger partial charge in [-0.05, 0) is 37.1 Å². The summed E-state index contributed by atoms with van der Waals surface area (Å²) in [6.07, 6.45) is 0.392. The average Bonchev–Trinajstić information content (AvgIpc) is 2.46. The van der Waals surface area contributed by atoms with E-state index < -0.39 is 0 Å². The highest BCUT2D eigenvalue weighted by Gasteiger charge is 2.15. The van der Waals surface area contributed by atoms with E-state index in [1.54, 1.807) is 0 Å². The normalized spacial score (nSPS) is 13.9. The molecule has 2 rings (SSSR count). The van der Waals surface area contributed by atoms with Crippen LogP contribution in [0.2, 0.25) is 0 Å². The SMILES string of the molecule is CCOC(=O)C[C@H](C)N[C@H](C)c1cccc2ccccc12. The van der Waals surface area contributed by atoms with Gasteiger partial charge >= 0.3 is 5.97 Å². The fourth-order valence-corrected chi connectivity index (χ4v) is 2.67. The van der Waals surface area contributed by atoms with Crippen molar-refractivity contribution in [3.63, 3.8) is 0 Å². The summed E-state index contributed by atoms with van der Waals surface area (Å²) in [7, 11) is 0. The maximum Gasteiger partial charge on any atom is 0.307 e. The minimum Gasteiger partial charge on any atom is -0.466 e. The maximum atomic E-state index is 11.5. The molecule has 21 heavy (non-hydrogen) atoms. The molecular formula is C18H23NO2. The quantitative estimate of drug-likeness (QED) is 0.820. The van der Waals surface area contributed by atoms with Crippen LogP contribution in [-0.2, 0) is 9.53 Å². The molecule has 0 aliphatic rings. The van der Waals surface area contributed by atoms with Gasteiger partial charge in [0.2, 0.25) is 0 Å². The van der Waals surface area contributed by atoms with Gasteiger partial charge in [0.1, 0.15) is 0 Å². The van der Waals surface area contributed by atoms with Gasteiger partial charge < -0.3 is 10.1 Å². The lowest BCUT2D eigenvalue weighted by Crippen LogP contribution is -2.31. The first-order valence-electron chi connectivity index (χ1n) is 7.51. The number of benzene rings is 2. The summed E-state index contributed by atoms with van der Waals surface area (Å²) in [6.45, 7) is 6.40. The van der Waals surface area contributed by atoms with Crippen molar-refractivity contribution in [2.24, 2.45) is 0 Å². The van der Waals surface area contributed by atoms with Crippen LogP contribution in [-0.4, -0.2) is 18.6 Å². The summed E-state index contributed by atoms with van der Waals surface area (Å²) in [5, 5.41) is 5.97. The van der Waals surface area contributed by atoms with Crippen molar-refractivity contribution in [3.8, 4) is 0 Å². The monoisotopic (exact) mass is 285 g/mol. The molecule has 0 spiro atoms. The van der Waals surface area contributed by atoms with Crippen molar-refractivity contribution in [2.75, 3.05) is 6.61 Å². The molecule has 0 aliphatic heterocycles. The van der Waals surface area contributed by atoms with E-state index in [1.807, 2.05) is 19.9 Å². The van der Waals surface area contributed by atoms with Crippen molar-refractivity contribution in [1.82, 2.24) is 5.32 Å². The molecule has 0 radical (unpaired) electrons. The van der Waals surface area contributed by atoms with Gasteiger partial charge in [0, 0.05) is 12.1 Å². The standard InChI is InChI=1S/C18H23NO2/c1-4-21-18(20)12-13(2)19-14(3)16-11-7-9-15-8-5-6-10-17(15)16/h5-11,13-14,19H,4,12H2,1-3H3/t13-,14+/m0/s1. The van der Waals surface area contributed by atoms with E-state index in [4.69, 9.17) is 4.74 Å². The fourth-order valence-electron chi connectivity index (χ4n) is 2.67. The van der Waals surface area contributed by atoms with Crippen molar-refractivity contribution >= 4 is 16.7 Å². The molecule has 0 saturated heterocycles. The van der Waals surface area contributed by atoms with Gasteiger partial charge in [0.15, 0.2) is 0 Å². The predicted octanol–water partition coefficient (Wildman–Crippen LogP) is 3.83. The molecule has 0 heterocycles. The Bertz CT molecular complexity index is 604. The van der Waals surface area contributed by atoms with Gasteiger partial charge in [-0.2, -0.15) is 0 Å². The second-order valence-corrected chi connectivity index (χ2v) is 5.37. The summed E-state index contributed by atoms with van der Waals surface area (Å²) in [5.74, 6) is -0.150. The highest BCUT2D eigenvalue weighted by atomic mass is 16.5. The maximum absolute atomic E-state index is 11.5. The Morgan fingerprint density at radius 2 is 1.86 bits per heavy atom. The molecule has 0 saturated carbocycles. The molecule has 112 valence electrons. The topological polar surface area (TPSA) is 38.3 Å². The number of ether oxygens (including phenoxy) is 1. The van der Waals surface area contributed by atoms with E-state index in [1.165, 1.54) is 16.3 Å². The van der Waals surface area contributed by atoms with Gasteiger partial charge in [0.25, 0.3) is 0 Å². The van der Waals surface area contributed by atoms with Crippen LogP contribution in [0.15, 0.2) is 42.5 Å². The smallest absolute Gasteiger partial charge is 0.307 e. The van der Waals surface area contributed by atoms with Crippen LogP contribution in [0.1, 0.15) is 38.8 Å². The van der Waals surface area contributed by atoms with Crippen LogP contribution in [0.25, 0.3) is 10.8 Å². The molecule has 3 heteroatoms. The molecule has 0 amide bonds. The predicted molar refractivity (Wildman–Crippen MR) is 86.2 cm³/mol. The molecule has 0 aliphatic carbocycles. The third kappa shape index (κ3) is 4.05. The molecule has 2 atom stereocenters. The molecule has 0 unspecified atom stereocenters. The number of nitrogens with one attached hydrogen (secondary N) is 1. The Morgan fingerprint density at radius 1 is 1.14 bits per heavy atom. The Balaban J connectivity index is 2.08. The second-order valence-electron chi connectivity index (χ2n) is 5.37. The summed E-state index contributed by atoms with van der Waals surface area (Å²) in [5.41, 5.74) is 1.25. The van der Waals surface area contributed by atoms with Crippen LogP contribution in [0.3, 0.4) is 0 Å². The number of fused-ring (bicyclic) bond motifs is 1. The zero-order valence-corrected chi connectivity index (χ0v) is 12.9. The van der Waals surface area contributed by atoms with E-state index in [0.717, 1.165) is 0 Å². The van der Waals surface area contributed by atoms with Crippen molar-refractivity contribution in [1.29, 1.82) is 0 Å². The van der Waals surface area contributed by atoms with Crippen molar-refractivity contribution < 1.29 is 9.53 Å². The lowest BCUT2D eigenvalue weighted by molar-refractivity contribution is -0.143. The zero-order valence-electron chi connectivity index (χ0n) is 12.9. The van der Waals surface area contributed by atoms with Gasteiger partial charge in [-0.3, -0.25) is 4.79 Å². The number of esters is 1. The van der Waals surface area contributed by atoms with Gasteiger partial charge in [-0.1, -0.05) is 42.5 Å².